The summed E-state index contributed by atoms with van der Waals surface area (Å²) in [5, 5.41) is 25.2. The Bertz CT molecular complexity index is 776. The van der Waals surface area contributed by atoms with Gasteiger partial charge in [-0.25, -0.2) is 9.98 Å². The number of nitrogens with zero attached hydrogens (tertiary/aromatic N) is 5. The van der Waals surface area contributed by atoms with Gasteiger partial charge in [0.2, 0.25) is 0 Å². The minimum Gasteiger partial charge on any atom is -0.861 e. The molecule has 7 nitrogen and oxygen atoms in total. The standard InChI is InChI=1S/C14H15N5O2S/c1-8-9(2)11(5-15)14(16-10(8)3)22-7-12(20)17-13-6-19(4)18-21-13/h6H,7H2,1-4H3. The van der Waals surface area contributed by atoms with Crippen molar-refractivity contribution >= 4 is 23.5 Å². The van der Waals surface area contributed by atoms with Gasteiger partial charge in [-0.05, 0) is 37.8 Å². The van der Waals surface area contributed by atoms with Gasteiger partial charge in [-0.3, -0.25) is 4.52 Å². The zero-order valence-corrected chi connectivity index (χ0v) is 13.6. The van der Waals surface area contributed by atoms with E-state index in [4.69, 9.17) is 4.52 Å². The summed E-state index contributed by atoms with van der Waals surface area (Å²) in [6.07, 6.45) is 1.50. The molecule has 0 aliphatic heterocycles. The molecule has 2 heterocycles. The molecule has 114 valence electrons. The first-order valence-corrected chi connectivity index (χ1v) is 7.48. The summed E-state index contributed by atoms with van der Waals surface area (Å²) in [5.74, 6) is -0.144. The summed E-state index contributed by atoms with van der Waals surface area (Å²) in [7, 11) is 1.67. The van der Waals surface area contributed by atoms with Crippen LogP contribution in [0.25, 0.3) is 0 Å². The van der Waals surface area contributed by atoms with Crippen molar-refractivity contribution in [1.82, 2.24) is 10.3 Å². The van der Waals surface area contributed by atoms with Crippen molar-refractivity contribution in [3.63, 3.8) is 0 Å². The van der Waals surface area contributed by atoms with Gasteiger partial charge >= 0.3 is 5.88 Å². The summed E-state index contributed by atoms with van der Waals surface area (Å²) in [5.41, 5.74) is 3.24. The molecule has 0 radical (unpaired) electrons. The van der Waals surface area contributed by atoms with Crippen LogP contribution in [-0.2, 0) is 7.05 Å². The summed E-state index contributed by atoms with van der Waals surface area (Å²) >= 11 is 1.20. The molecule has 0 amide bonds. The van der Waals surface area contributed by atoms with Gasteiger partial charge in [0.15, 0.2) is 12.3 Å². The second-order valence-corrected chi connectivity index (χ2v) is 5.71. The molecule has 0 unspecified atom stereocenters. The lowest BCUT2D eigenvalue weighted by molar-refractivity contribution is -0.739. The van der Waals surface area contributed by atoms with Crippen LogP contribution in [0.3, 0.4) is 0 Å². The molecule has 2 aromatic heterocycles. The van der Waals surface area contributed by atoms with Gasteiger partial charge in [0.05, 0.1) is 5.56 Å². The summed E-state index contributed by atoms with van der Waals surface area (Å²) < 4.78 is 6.25. The van der Waals surface area contributed by atoms with Crippen LogP contribution in [-0.4, -0.2) is 21.9 Å². The minimum absolute atomic E-state index is 0.0774. The third-order valence-electron chi connectivity index (χ3n) is 3.20. The highest BCUT2D eigenvalue weighted by Crippen LogP contribution is 2.26. The van der Waals surface area contributed by atoms with Crippen molar-refractivity contribution < 1.29 is 14.3 Å². The second kappa shape index (κ2) is 6.58. The molecule has 0 N–H and O–H groups in total. The van der Waals surface area contributed by atoms with Crippen LogP contribution in [0.1, 0.15) is 22.4 Å². The lowest BCUT2D eigenvalue weighted by atomic mass is 10.1. The molecule has 0 aliphatic rings. The molecule has 0 saturated heterocycles. The second-order valence-electron chi connectivity index (χ2n) is 4.75. The van der Waals surface area contributed by atoms with E-state index in [-0.39, 0.29) is 17.5 Å². The molecular formula is C14H15N5O2S. The highest BCUT2D eigenvalue weighted by Gasteiger charge is 2.12. The van der Waals surface area contributed by atoms with Crippen molar-refractivity contribution in [2.75, 3.05) is 5.75 Å². The Morgan fingerprint density at radius 3 is 2.77 bits per heavy atom. The fraction of sp³-hybridized carbons (Fsp3) is 0.357. The van der Waals surface area contributed by atoms with Crippen LogP contribution in [0.4, 0.5) is 5.88 Å². The van der Waals surface area contributed by atoms with E-state index in [1.54, 1.807) is 7.05 Å². The van der Waals surface area contributed by atoms with Crippen LogP contribution in [0.15, 0.2) is 20.7 Å². The monoisotopic (exact) mass is 317 g/mol. The van der Waals surface area contributed by atoms with Crippen LogP contribution >= 0.6 is 11.8 Å². The molecule has 2 aromatic rings. The first-order valence-electron chi connectivity index (χ1n) is 6.50. The van der Waals surface area contributed by atoms with E-state index < -0.39 is 0 Å². The van der Waals surface area contributed by atoms with E-state index in [2.05, 4.69) is 21.3 Å². The van der Waals surface area contributed by atoms with Crippen LogP contribution in [0, 0.1) is 32.1 Å². The average molecular weight is 317 g/mol. The fourth-order valence-corrected chi connectivity index (χ4v) is 2.66. The predicted molar refractivity (Wildman–Crippen MR) is 78.7 cm³/mol. The van der Waals surface area contributed by atoms with E-state index in [0.717, 1.165) is 16.8 Å². The van der Waals surface area contributed by atoms with Gasteiger partial charge in [0.25, 0.3) is 6.20 Å². The first-order chi connectivity index (χ1) is 10.4. The van der Waals surface area contributed by atoms with Crippen molar-refractivity contribution in [3.8, 4) is 6.07 Å². The number of pyridine rings is 1. The number of aliphatic imine (C=N–C) groups is 1. The van der Waals surface area contributed by atoms with E-state index in [1.807, 2.05) is 20.8 Å². The Hall–Kier alpha value is -2.40. The van der Waals surface area contributed by atoms with Gasteiger partial charge in [-0.2, -0.15) is 5.26 Å². The molecule has 0 aromatic carbocycles. The zero-order chi connectivity index (χ0) is 16.3. The Kier molecular flexibility index (Phi) is 4.78. The SMILES string of the molecule is Cc1nc(SC/C([O-])=N/c2c[n+](C)no2)c(C#N)c(C)c1C. The Balaban J connectivity index is 2.18. The smallest absolute Gasteiger partial charge is 0.320 e. The first kappa shape index (κ1) is 16.0. The maximum absolute atomic E-state index is 11.8. The van der Waals surface area contributed by atoms with Crippen molar-refractivity contribution in [1.29, 1.82) is 5.26 Å². The van der Waals surface area contributed by atoms with Crippen molar-refractivity contribution in [3.05, 3.63) is 28.6 Å². The minimum atomic E-state index is -0.372. The number of hydrogen-bond acceptors (Lipinski definition) is 7. The molecule has 2 rings (SSSR count). The molecular weight excluding hydrogens is 302 g/mol. The fourth-order valence-electron chi connectivity index (χ4n) is 1.80. The Labute approximate surface area is 132 Å². The van der Waals surface area contributed by atoms with Gasteiger partial charge in [-0.1, -0.05) is 16.4 Å². The topological polar surface area (TPSA) is 102 Å². The van der Waals surface area contributed by atoms with E-state index in [1.165, 1.54) is 22.6 Å². The van der Waals surface area contributed by atoms with E-state index in [9.17, 15) is 10.4 Å². The number of aryl methyl sites for hydroxylation is 2. The molecule has 22 heavy (non-hydrogen) atoms. The lowest BCUT2D eigenvalue weighted by Gasteiger charge is -2.12. The molecule has 0 bridgehead atoms. The molecule has 0 aliphatic carbocycles. The van der Waals surface area contributed by atoms with Gasteiger partial charge in [-0.15, -0.1) is 0 Å². The average Bonchev–Trinajstić information content (AvgIpc) is 2.88. The maximum atomic E-state index is 11.8. The Morgan fingerprint density at radius 1 is 1.45 bits per heavy atom. The van der Waals surface area contributed by atoms with Gasteiger partial charge < -0.3 is 5.11 Å². The normalized spacial score (nSPS) is 11.5. The zero-order valence-electron chi connectivity index (χ0n) is 12.7. The molecule has 0 fully saturated rings. The number of nitriles is 1. The Morgan fingerprint density at radius 2 is 2.18 bits per heavy atom. The molecule has 0 spiro atoms. The lowest BCUT2D eigenvalue weighted by Crippen LogP contribution is -2.27. The van der Waals surface area contributed by atoms with E-state index in [0.29, 0.717) is 10.6 Å². The van der Waals surface area contributed by atoms with Gasteiger partial charge in [0, 0.05) is 11.4 Å². The molecule has 8 heteroatoms. The largest absolute Gasteiger partial charge is 0.861 e. The third-order valence-corrected chi connectivity index (χ3v) is 4.16. The number of thioether (sulfide) groups is 1. The highest BCUT2D eigenvalue weighted by atomic mass is 32.2. The van der Waals surface area contributed by atoms with E-state index >= 15 is 0 Å². The summed E-state index contributed by atoms with van der Waals surface area (Å²) in [6.45, 7) is 5.69. The van der Waals surface area contributed by atoms with Crippen LogP contribution < -0.4 is 9.79 Å². The van der Waals surface area contributed by atoms with Crippen molar-refractivity contribution in [2.24, 2.45) is 12.0 Å². The third kappa shape index (κ3) is 3.43. The molecule has 0 atom stereocenters. The molecule has 0 saturated carbocycles. The quantitative estimate of drug-likeness (QED) is 0.359. The summed E-state index contributed by atoms with van der Waals surface area (Å²) in [4.78, 5) is 8.19. The van der Waals surface area contributed by atoms with Crippen LogP contribution in [0.5, 0.6) is 0 Å². The van der Waals surface area contributed by atoms with Crippen molar-refractivity contribution in [2.45, 2.75) is 25.8 Å². The van der Waals surface area contributed by atoms with Gasteiger partial charge in [0.1, 0.15) is 11.1 Å². The predicted octanol–water partition coefficient (Wildman–Crippen LogP) is 0.874. The number of rotatable bonds is 4. The highest BCUT2D eigenvalue weighted by molar-refractivity contribution is 7.99. The number of aromatic nitrogens is 3. The summed E-state index contributed by atoms with van der Waals surface area (Å²) in [6, 6.07) is 2.15. The maximum Gasteiger partial charge on any atom is 0.320 e. The van der Waals surface area contributed by atoms with Crippen LogP contribution in [0.2, 0.25) is 0 Å². The number of hydrogen-bond donors (Lipinski definition) is 0.